The molecule has 0 N–H and O–H groups in total. The fraction of sp³-hybridized carbons (Fsp3) is 0.700. The molecule has 0 amide bonds. The SMILES string of the molecule is C/C(=C/C(=O)S)C1CCCCC1. The number of allylic oxidation sites excluding steroid dienone is 1. The zero-order chi connectivity index (χ0) is 8.97. The Labute approximate surface area is 79.6 Å². The van der Waals surface area contributed by atoms with Crippen molar-refractivity contribution < 1.29 is 4.79 Å². The van der Waals surface area contributed by atoms with Crippen molar-refractivity contribution in [3.63, 3.8) is 0 Å². The first-order valence-electron chi connectivity index (χ1n) is 4.61. The molecule has 1 saturated carbocycles. The van der Waals surface area contributed by atoms with Gasteiger partial charge in [0, 0.05) is 0 Å². The van der Waals surface area contributed by atoms with E-state index in [1.165, 1.54) is 37.7 Å². The van der Waals surface area contributed by atoms with Crippen LogP contribution in [0.4, 0.5) is 0 Å². The first-order chi connectivity index (χ1) is 5.70. The topological polar surface area (TPSA) is 17.1 Å². The van der Waals surface area contributed by atoms with Crippen molar-refractivity contribution in [2.24, 2.45) is 5.92 Å². The molecule has 0 aromatic carbocycles. The third kappa shape index (κ3) is 3.02. The van der Waals surface area contributed by atoms with E-state index in [4.69, 9.17) is 0 Å². The van der Waals surface area contributed by atoms with Gasteiger partial charge in [-0.25, -0.2) is 0 Å². The molecule has 2 heteroatoms. The van der Waals surface area contributed by atoms with Crippen molar-refractivity contribution in [3.05, 3.63) is 11.6 Å². The number of carbonyl (C=O) groups excluding carboxylic acids is 1. The lowest BCUT2D eigenvalue weighted by molar-refractivity contribution is -0.106. The zero-order valence-corrected chi connectivity index (χ0v) is 8.44. The van der Waals surface area contributed by atoms with Crippen LogP contribution in [-0.2, 0) is 4.79 Å². The summed E-state index contributed by atoms with van der Waals surface area (Å²) in [5, 5.41) is -0.113. The van der Waals surface area contributed by atoms with E-state index < -0.39 is 0 Å². The van der Waals surface area contributed by atoms with Crippen LogP contribution in [-0.4, -0.2) is 5.12 Å². The predicted molar refractivity (Wildman–Crippen MR) is 54.3 cm³/mol. The minimum Gasteiger partial charge on any atom is -0.283 e. The molecule has 0 radical (unpaired) electrons. The smallest absolute Gasteiger partial charge is 0.209 e. The summed E-state index contributed by atoms with van der Waals surface area (Å²) in [5.41, 5.74) is 1.22. The van der Waals surface area contributed by atoms with E-state index in [1.807, 2.05) is 6.92 Å². The van der Waals surface area contributed by atoms with Crippen LogP contribution < -0.4 is 0 Å². The summed E-state index contributed by atoms with van der Waals surface area (Å²) in [6.07, 6.45) is 8.16. The maximum Gasteiger partial charge on any atom is 0.209 e. The van der Waals surface area contributed by atoms with E-state index in [0.29, 0.717) is 5.92 Å². The molecule has 0 bridgehead atoms. The Hall–Kier alpha value is -0.240. The lowest BCUT2D eigenvalue weighted by Gasteiger charge is -2.21. The fourth-order valence-corrected chi connectivity index (χ4v) is 2.07. The molecule has 0 spiro atoms. The highest BCUT2D eigenvalue weighted by molar-refractivity contribution is 7.97. The van der Waals surface area contributed by atoms with E-state index in [2.05, 4.69) is 12.6 Å². The van der Waals surface area contributed by atoms with Crippen molar-refractivity contribution in [3.8, 4) is 0 Å². The average molecular weight is 184 g/mol. The third-order valence-electron chi connectivity index (χ3n) is 2.60. The molecule has 0 unspecified atom stereocenters. The maximum atomic E-state index is 10.7. The van der Waals surface area contributed by atoms with Gasteiger partial charge in [-0.3, -0.25) is 4.79 Å². The molecule has 1 rings (SSSR count). The molecule has 0 aromatic heterocycles. The average Bonchev–Trinajstić information content (AvgIpc) is 2.05. The predicted octanol–water partition coefficient (Wildman–Crippen LogP) is 2.97. The number of rotatable bonds is 2. The van der Waals surface area contributed by atoms with Crippen molar-refractivity contribution in [1.82, 2.24) is 0 Å². The van der Waals surface area contributed by atoms with E-state index >= 15 is 0 Å². The quantitative estimate of drug-likeness (QED) is 0.516. The van der Waals surface area contributed by atoms with Gasteiger partial charge in [0.2, 0.25) is 5.12 Å². The normalized spacial score (nSPS) is 21.0. The second-order valence-electron chi connectivity index (χ2n) is 3.56. The lowest BCUT2D eigenvalue weighted by Crippen LogP contribution is -2.07. The Balaban J connectivity index is 2.49. The maximum absolute atomic E-state index is 10.7. The van der Waals surface area contributed by atoms with Crippen LogP contribution in [0.3, 0.4) is 0 Å². The van der Waals surface area contributed by atoms with Gasteiger partial charge >= 0.3 is 0 Å². The van der Waals surface area contributed by atoms with Gasteiger partial charge in [-0.2, -0.15) is 0 Å². The minimum absolute atomic E-state index is 0.113. The second-order valence-corrected chi connectivity index (χ2v) is 4.00. The number of hydrogen-bond donors (Lipinski definition) is 1. The molecule has 0 heterocycles. The van der Waals surface area contributed by atoms with Gasteiger partial charge in [0.15, 0.2) is 0 Å². The summed E-state index contributed by atoms with van der Waals surface area (Å²) in [6, 6.07) is 0. The van der Waals surface area contributed by atoms with Gasteiger partial charge in [0.25, 0.3) is 0 Å². The van der Waals surface area contributed by atoms with Crippen molar-refractivity contribution in [1.29, 1.82) is 0 Å². The first-order valence-corrected chi connectivity index (χ1v) is 5.06. The Morgan fingerprint density at radius 1 is 1.33 bits per heavy atom. The summed E-state index contributed by atoms with van der Waals surface area (Å²) in [5.74, 6) is 0.648. The molecule has 12 heavy (non-hydrogen) atoms. The molecule has 0 aliphatic heterocycles. The Morgan fingerprint density at radius 3 is 2.42 bits per heavy atom. The van der Waals surface area contributed by atoms with E-state index in [1.54, 1.807) is 6.08 Å². The second kappa shape index (κ2) is 4.70. The zero-order valence-electron chi connectivity index (χ0n) is 7.55. The molecule has 1 aliphatic rings. The van der Waals surface area contributed by atoms with Crippen LogP contribution in [0.1, 0.15) is 39.0 Å². The molecule has 0 aromatic rings. The van der Waals surface area contributed by atoms with E-state index in [-0.39, 0.29) is 5.12 Å². The molecule has 1 aliphatic carbocycles. The summed E-state index contributed by atoms with van der Waals surface area (Å²) >= 11 is 3.74. The first kappa shape index (κ1) is 9.85. The third-order valence-corrected chi connectivity index (χ3v) is 2.73. The molecular formula is C10H16OS. The highest BCUT2D eigenvalue weighted by Gasteiger charge is 2.14. The highest BCUT2D eigenvalue weighted by atomic mass is 32.1. The van der Waals surface area contributed by atoms with Crippen LogP contribution in [0.2, 0.25) is 0 Å². The Kier molecular flexibility index (Phi) is 3.86. The fourth-order valence-electron chi connectivity index (χ4n) is 1.87. The summed E-state index contributed by atoms with van der Waals surface area (Å²) in [6.45, 7) is 2.05. The van der Waals surface area contributed by atoms with Crippen LogP contribution in [0.5, 0.6) is 0 Å². The van der Waals surface area contributed by atoms with Gasteiger partial charge in [-0.15, -0.1) is 12.6 Å². The van der Waals surface area contributed by atoms with Crippen LogP contribution in [0.15, 0.2) is 11.6 Å². The van der Waals surface area contributed by atoms with Gasteiger partial charge in [0.05, 0.1) is 0 Å². The molecule has 1 nitrogen and oxygen atoms in total. The molecule has 0 atom stereocenters. The summed E-state index contributed by atoms with van der Waals surface area (Å²) in [4.78, 5) is 10.7. The van der Waals surface area contributed by atoms with Gasteiger partial charge in [-0.1, -0.05) is 24.8 Å². The van der Waals surface area contributed by atoms with E-state index in [0.717, 1.165) is 0 Å². The van der Waals surface area contributed by atoms with Crippen LogP contribution >= 0.6 is 12.6 Å². The molecule has 68 valence electrons. The largest absolute Gasteiger partial charge is 0.283 e. The highest BCUT2D eigenvalue weighted by Crippen LogP contribution is 2.29. The Morgan fingerprint density at radius 2 is 1.92 bits per heavy atom. The Bertz CT molecular complexity index is 190. The molecule has 0 saturated heterocycles. The van der Waals surface area contributed by atoms with Crippen LogP contribution in [0.25, 0.3) is 0 Å². The van der Waals surface area contributed by atoms with Crippen LogP contribution in [0, 0.1) is 5.92 Å². The monoisotopic (exact) mass is 184 g/mol. The minimum atomic E-state index is -0.113. The van der Waals surface area contributed by atoms with Gasteiger partial charge < -0.3 is 0 Å². The van der Waals surface area contributed by atoms with Crippen molar-refractivity contribution in [2.45, 2.75) is 39.0 Å². The van der Waals surface area contributed by atoms with Crippen molar-refractivity contribution >= 4 is 17.7 Å². The number of thiol groups is 1. The summed E-state index contributed by atoms with van der Waals surface area (Å²) in [7, 11) is 0. The standard InChI is InChI=1S/C10H16OS/c1-8(7-10(11)12)9-5-3-2-4-6-9/h7,9H,2-6H2,1H3,(H,11,12)/b8-7-. The number of carbonyl (C=O) groups is 1. The van der Waals surface area contributed by atoms with Gasteiger partial charge in [-0.05, 0) is 31.8 Å². The molecular weight excluding hydrogens is 168 g/mol. The summed E-state index contributed by atoms with van der Waals surface area (Å²) < 4.78 is 0. The van der Waals surface area contributed by atoms with Crippen molar-refractivity contribution in [2.75, 3.05) is 0 Å². The molecule has 1 fully saturated rings. The number of hydrogen-bond acceptors (Lipinski definition) is 1. The van der Waals surface area contributed by atoms with Gasteiger partial charge in [0.1, 0.15) is 0 Å². The van der Waals surface area contributed by atoms with E-state index in [9.17, 15) is 4.79 Å². The lowest BCUT2D eigenvalue weighted by atomic mass is 9.84.